The Morgan fingerprint density at radius 2 is 1.09 bits per heavy atom. The minimum Gasteiger partial charge on any atom is -0.429 e. The van der Waals surface area contributed by atoms with Crippen LogP contribution in [0.1, 0.15) is 37.3 Å². The first-order valence-electron chi connectivity index (χ1n) is 14.3. The molecular weight excluding hydrogens is 619 g/mol. The molecule has 0 N–H and O–H groups in total. The van der Waals surface area contributed by atoms with E-state index in [9.17, 15) is 22.0 Å². The fourth-order valence-corrected chi connectivity index (χ4v) is 5.11. The van der Waals surface area contributed by atoms with Crippen molar-refractivity contribution in [3.8, 4) is 39.1 Å². The summed E-state index contributed by atoms with van der Waals surface area (Å²) in [7, 11) is 0. The minimum absolute atomic E-state index is 0.00101. The van der Waals surface area contributed by atoms with Crippen LogP contribution in [0, 0.1) is 40.7 Å². The van der Waals surface area contributed by atoms with Gasteiger partial charge in [-0.3, -0.25) is 0 Å². The van der Waals surface area contributed by atoms with Gasteiger partial charge >= 0.3 is 6.11 Å². The average molecular weight is 645 g/mol. The van der Waals surface area contributed by atoms with Gasteiger partial charge < -0.3 is 4.74 Å². The number of aryl methyl sites for hydroxylation is 1. The van der Waals surface area contributed by atoms with E-state index in [2.05, 4.69) is 11.7 Å². The summed E-state index contributed by atoms with van der Waals surface area (Å²) in [5.41, 5.74) is -1.75. The molecule has 5 rings (SSSR count). The van der Waals surface area contributed by atoms with E-state index in [4.69, 9.17) is 0 Å². The lowest BCUT2D eigenvalue weighted by atomic mass is 9.98. The highest BCUT2D eigenvalue weighted by atomic mass is 19.3. The first-order chi connectivity index (χ1) is 21.9. The molecule has 0 heterocycles. The zero-order chi connectivity index (χ0) is 33.2. The van der Waals surface area contributed by atoms with Gasteiger partial charge in [-0.2, -0.15) is 8.78 Å². The van der Waals surface area contributed by atoms with Crippen molar-refractivity contribution in [2.75, 3.05) is 0 Å². The zero-order valence-corrected chi connectivity index (χ0v) is 24.2. The first kappa shape index (κ1) is 32.7. The van der Waals surface area contributed by atoms with E-state index in [-0.39, 0.29) is 22.3 Å². The van der Waals surface area contributed by atoms with Crippen molar-refractivity contribution < 1.29 is 44.3 Å². The summed E-state index contributed by atoms with van der Waals surface area (Å²) in [6, 6.07) is 14.5. The van der Waals surface area contributed by atoms with Gasteiger partial charge in [0, 0.05) is 17.7 Å². The van der Waals surface area contributed by atoms with Crippen LogP contribution in [-0.4, -0.2) is 0 Å². The molecule has 10 heteroatoms. The molecule has 0 atom stereocenters. The molecule has 0 aromatic heterocycles. The molecule has 0 aliphatic heterocycles. The van der Waals surface area contributed by atoms with Crippen LogP contribution in [0.2, 0.25) is 0 Å². The lowest BCUT2D eigenvalue weighted by Crippen LogP contribution is -2.25. The number of alkyl halides is 2. The molecule has 0 spiro atoms. The highest BCUT2D eigenvalue weighted by Gasteiger charge is 2.41. The Hall–Kier alpha value is -4.73. The zero-order valence-electron chi connectivity index (χ0n) is 24.2. The molecular formula is C36H25F9O. The number of unbranched alkanes of at least 4 members (excludes halogenated alkanes) is 2. The summed E-state index contributed by atoms with van der Waals surface area (Å²) in [4.78, 5) is 0. The highest BCUT2D eigenvalue weighted by Crippen LogP contribution is 2.39. The van der Waals surface area contributed by atoms with Gasteiger partial charge in [0.05, 0.1) is 5.56 Å². The molecule has 0 saturated heterocycles. The summed E-state index contributed by atoms with van der Waals surface area (Å²) in [5.74, 6) is -10.7. The number of rotatable bonds is 10. The van der Waals surface area contributed by atoms with Crippen molar-refractivity contribution in [1.82, 2.24) is 0 Å². The van der Waals surface area contributed by atoms with Crippen LogP contribution in [0.25, 0.3) is 33.4 Å². The molecule has 46 heavy (non-hydrogen) atoms. The van der Waals surface area contributed by atoms with Gasteiger partial charge in [-0.1, -0.05) is 62.2 Å². The summed E-state index contributed by atoms with van der Waals surface area (Å²) in [6.07, 6.45) is -0.780. The molecule has 0 saturated carbocycles. The van der Waals surface area contributed by atoms with Crippen LogP contribution in [0.5, 0.6) is 5.75 Å². The van der Waals surface area contributed by atoms with E-state index >= 15 is 17.6 Å². The van der Waals surface area contributed by atoms with Crippen molar-refractivity contribution in [2.24, 2.45) is 0 Å². The molecule has 1 nitrogen and oxygen atoms in total. The maximum atomic E-state index is 15.0. The summed E-state index contributed by atoms with van der Waals surface area (Å²) < 4.78 is 136. The van der Waals surface area contributed by atoms with Crippen LogP contribution < -0.4 is 4.74 Å². The number of hydrogen-bond acceptors (Lipinski definition) is 1. The second-order valence-corrected chi connectivity index (χ2v) is 10.7. The fraction of sp³-hybridized carbons (Fsp3) is 0.167. The van der Waals surface area contributed by atoms with Crippen LogP contribution in [0.4, 0.5) is 39.5 Å². The van der Waals surface area contributed by atoms with E-state index < -0.39 is 63.7 Å². The SMILES string of the molecule is CCCCCc1ccc(-c2cc(F)c(C(F)(F)Oc3cc(F)c(-c4ccc(-c5ccc(F)c(F)c5)c(F)c4)c(F)c3)c(F)c2)cc1. The van der Waals surface area contributed by atoms with E-state index in [1.807, 2.05) is 0 Å². The second kappa shape index (κ2) is 13.3. The number of benzene rings is 5. The lowest BCUT2D eigenvalue weighted by Gasteiger charge is -2.20. The Balaban J connectivity index is 1.38. The van der Waals surface area contributed by atoms with Crippen LogP contribution in [0.15, 0.2) is 84.9 Å². The van der Waals surface area contributed by atoms with Gasteiger partial charge in [0.1, 0.15) is 40.4 Å². The normalized spacial score (nSPS) is 11.6. The van der Waals surface area contributed by atoms with Crippen LogP contribution >= 0.6 is 0 Å². The lowest BCUT2D eigenvalue weighted by molar-refractivity contribution is -0.189. The maximum absolute atomic E-state index is 15.0. The third kappa shape index (κ3) is 6.90. The van der Waals surface area contributed by atoms with Crippen molar-refractivity contribution in [3.05, 3.63) is 137 Å². The predicted octanol–water partition coefficient (Wildman–Crippen LogP) is 11.5. The minimum atomic E-state index is -4.69. The van der Waals surface area contributed by atoms with Crippen molar-refractivity contribution >= 4 is 0 Å². The molecule has 0 unspecified atom stereocenters. The molecule has 0 bridgehead atoms. The first-order valence-corrected chi connectivity index (χ1v) is 14.3. The largest absolute Gasteiger partial charge is 0.432 e. The van der Waals surface area contributed by atoms with Gasteiger partial charge in [0.15, 0.2) is 11.6 Å². The third-order valence-corrected chi connectivity index (χ3v) is 7.44. The molecule has 0 amide bonds. The van der Waals surface area contributed by atoms with Gasteiger partial charge in [0.25, 0.3) is 0 Å². The Kier molecular flexibility index (Phi) is 9.46. The molecule has 5 aromatic carbocycles. The summed E-state index contributed by atoms with van der Waals surface area (Å²) >= 11 is 0. The molecule has 5 aromatic rings. The van der Waals surface area contributed by atoms with Gasteiger partial charge in [0.2, 0.25) is 0 Å². The highest BCUT2D eigenvalue weighted by molar-refractivity contribution is 5.72. The van der Waals surface area contributed by atoms with E-state index in [1.165, 1.54) is 0 Å². The molecule has 0 fully saturated rings. The van der Waals surface area contributed by atoms with Crippen LogP contribution in [0.3, 0.4) is 0 Å². The number of ether oxygens (including phenoxy) is 1. The standard InChI is InChI=1S/C36H25F9O/c1-2-3-4-5-20-6-8-21(9-7-20)24-16-32(42)35(33(43)17-24)36(44,45)46-25-18-30(40)34(31(41)19-25)23-10-12-26(28(38)15-23)22-11-13-27(37)29(39)14-22/h6-19H,2-5H2,1H3. The van der Waals surface area contributed by atoms with Crippen molar-refractivity contribution in [1.29, 1.82) is 0 Å². The van der Waals surface area contributed by atoms with E-state index in [0.29, 0.717) is 29.8 Å². The number of halogens is 9. The molecule has 0 aliphatic rings. The van der Waals surface area contributed by atoms with Crippen LogP contribution in [-0.2, 0) is 12.5 Å². The average Bonchev–Trinajstić information content (AvgIpc) is 2.98. The number of hydrogen-bond donors (Lipinski definition) is 0. The quantitative estimate of drug-likeness (QED) is 0.109. The van der Waals surface area contributed by atoms with E-state index in [0.717, 1.165) is 67.6 Å². The Morgan fingerprint density at radius 3 is 1.67 bits per heavy atom. The van der Waals surface area contributed by atoms with Gasteiger partial charge in [-0.15, -0.1) is 0 Å². The molecule has 0 aliphatic carbocycles. The van der Waals surface area contributed by atoms with E-state index in [1.54, 1.807) is 24.3 Å². The smallest absolute Gasteiger partial charge is 0.429 e. The topological polar surface area (TPSA) is 9.23 Å². The molecule has 0 radical (unpaired) electrons. The maximum Gasteiger partial charge on any atom is 0.432 e. The Labute approximate surface area is 258 Å². The second-order valence-electron chi connectivity index (χ2n) is 10.7. The fourth-order valence-electron chi connectivity index (χ4n) is 5.11. The van der Waals surface area contributed by atoms with Crippen molar-refractivity contribution in [2.45, 2.75) is 38.7 Å². The Morgan fingerprint density at radius 1 is 0.522 bits per heavy atom. The predicted molar refractivity (Wildman–Crippen MR) is 157 cm³/mol. The summed E-state index contributed by atoms with van der Waals surface area (Å²) in [5, 5.41) is 0. The van der Waals surface area contributed by atoms with Gasteiger partial charge in [-0.25, -0.2) is 30.7 Å². The monoisotopic (exact) mass is 644 g/mol. The third-order valence-electron chi connectivity index (χ3n) is 7.44. The molecule has 238 valence electrons. The Bertz CT molecular complexity index is 1840. The summed E-state index contributed by atoms with van der Waals surface area (Å²) in [6.45, 7) is 2.08. The van der Waals surface area contributed by atoms with Gasteiger partial charge in [-0.05, 0) is 71.0 Å². The van der Waals surface area contributed by atoms with Crippen molar-refractivity contribution in [3.63, 3.8) is 0 Å².